The van der Waals surface area contributed by atoms with Gasteiger partial charge in [-0.1, -0.05) is 0 Å². The van der Waals surface area contributed by atoms with Gasteiger partial charge >= 0.3 is 70.4 Å². The maximum atomic E-state index is 6.66. The molecular formula is C10H28O12SSi8. The Balaban J connectivity index is 1.75. The Hall–Kier alpha value is 1.61. The summed E-state index contributed by atoms with van der Waals surface area (Å²) < 4.78 is 78.5. The molecule has 0 aliphatic carbocycles. The van der Waals surface area contributed by atoms with Gasteiger partial charge < -0.3 is 49.4 Å². The van der Waals surface area contributed by atoms with Crippen molar-refractivity contribution >= 4 is 83.1 Å². The standard InChI is InChI=1S/C10H28O12SSi8/c1-24-11-25(2)14-28(5)16-26(3,12-24)18-30(7)19-27(4,13-24)17-29(6,15-25)21-31(20-28,22-30)10-8-9-23/h23H,8-10H2,1-7H3. The Bertz CT molecular complexity index is 681. The molecule has 6 rings (SSSR count). The van der Waals surface area contributed by atoms with Crippen LogP contribution in [0.5, 0.6) is 0 Å². The molecule has 6 saturated heterocycles. The highest BCUT2D eigenvalue weighted by Gasteiger charge is 2.78. The number of rotatable bonds is 3. The summed E-state index contributed by atoms with van der Waals surface area (Å²) in [5.41, 5.74) is 0. The maximum Gasteiger partial charge on any atom is 0.478 e. The zero-order valence-corrected chi connectivity index (χ0v) is 27.4. The van der Waals surface area contributed by atoms with Crippen LogP contribution in [0.4, 0.5) is 0 Å². The topological polar surface area (TPSA) is 111 Å². The summed E-state index contributed by atoms with van der Waals surface area (Å²) in [7, 11) is -27.7. The summed E-state index contributed by atoms with van der Waals surface area (Å²) >= 11 is 4.37. The monoisotopic (exact) mass is 596 g/mol. The second kappa shape index (κ2) is 7.09. The molecule has 6 aliphatic rings. The predicted octanol–water partition coefficient (Wildman–Crippen LogP) is 1.49. The van der Waals surface area contributed by atoms with Crippen molar-refractivity contribution in [3.05, 3.63) is 0 Å². The van der Waals surface area contributed by atoms with Crippen LogP contribution in [0.25, 0.3) is 0 Å². The van der Waals surface area contributed by atoms with Gasteiger partial charge in [0.1, 0.15) is 0 Å². The summed E-state index contributed by atoms with van der Waals surface area (Å²) in [5.74, 6) is 0.621. The van der Waals surface area contributed by atoms with Crippen LogP contribution in [0.2, 0.25) is 51.9 Å². The van der Waals surface area contributed by atoms with Gasteiger partial charge in [-0.2, -0.15) is 12.6 Å². The molecule has 0 radical (unpaired) electrons. The molecule has 6 heterocycles. The van der Waals surface area contributed by atoms with Crippen molar-refractivity contribution in [1.82, 2.24) is 0 Å². The first-order valence-corrected chi connectivity index (χ1v) is 28.2. The molecule has 178 valence electrons. The van der Waals surface area contributed by atoms with E-state index in [2.05, 4.69) is 12.6 Å². The Morgan fingerprint density at radius 3 is 0.871 bits per heavy atom. The molecule has 8 bridgehead atoms. The van der Waals surface area contributed by atoms with Crippen LogP contribution >= 0.6 is 12.6 Å². The normalized spacial score (nSPS) is 60.8. The van der Waals surface area contributed by atoms with E-state index in [1.807, 2.05) is 0 Å². The zero-order valence-electron chi connectivity index (χ0n) is 18.5. The average Bonchev–Trinajstić information content (AvgIpc) is 2.42. The minimum Gasteiger partial charge on any atom is -0.374 e. The van der Waals surface area contributed by atoms with Gasteiger partial charge in [-0.15, -0.1) is 0 Å². The van der Waals surface area contributed by atoms with Crippen molar-refractivity contribution in [1.29, 1.82) is 0 Å². The predicted molar refractivity (Wildman–Crippen MR) is 123 cm³/mol. The Morgan fingerprint density at radius 1 is 0.419 bits per heavy atom. The highest BCUT2D eigenvalue weighted by molar-refractivity contribution is 7.80. The van der Waals surface area contributed by atoms with E-state index in [1.165, 1.54) is 0 Å². The Kier molecular flexibility index (Phi) is 5.56. The molecule has 0 saturated carbocycles. The fraction of sp³-hybridized carbons (Fsp3) is 1.00. The fourth-order valence-corrected chi connectivity index (χ4v) is 51.1. The first kappa shape index (κ1) is 24.3. The van der Waals surface area contributed by atoms with Gasteiger partial charge in [-0.05, 0) is 12.2 Å². The lowest BCUT2D eigenvalue weighted by molar-refractivity contribution is -0.0191. The molecule has 21 heteroatoms. The lowest BCUT2D eigenvalue weighted by Gasteiger charge is -2.60. The quantitative estimate of drug-likeness (QED) is 0.376. The molecule has 6 aliphatic heterocycles. The van der Waals surface area contributed by atoms with Gasteiger partial charge in [-0.25, -0.2) is 0 Å². The van der Waals surface area contributed by atoms with Crippen LogP contribution in [0, 0.1) is 0 Å². The van der Waals surface area contributed by atoms with Gasteiger partial charge in [0.05, 0.1) is 0 Å². The van der Waals surface area contributed by atoms with E-state index < -0.39 is 70.4 Å². The third-order valence-corrected chi connectivity index (χ3v) is 41.2. The number of hydrogen-bond donors (Lipinski definition) is 1. The molecule has 0 aromatic rings. The minimum atomic E-state index is -3.51. The van der Waals surface area contributed by atoms with E-state index in [0.29, 0.717) is 18.2 Å². The van der Waals surface area contributed by atoms with E-state index in [9.17, 15) is 0 Å². The van der Waals surface area contributed by atoms with Crippen molar-refractivity contribution in [2.24, 2.45) is 0 Å². The molecule has 0 spiro atoms. The summed E-state index contributed by atoms with van der Waals surface area (Å²) in [5, 5.41) is 0. The van der Waals surface area contributed by atoms with E-state index in [1.54, 1.807) is 45.8 Å². The number of hydrogen-bond acceptors (Lipinski definition) is 13. The third-order valence-electron chi connectivity index (χ3n) is 5.00. The zero-order chi connectivity index (χ0) is 22.6. The molecule has 0 atom stereocenters. The van der Waals surface area contributed by atoms with E-state index in [-0.39, 0.29) is 0 Å². The largest absolute Gasteiger partial charge is 0.478 e. The Labute approximate surface area is 196 Å². The van der Waals surface area contributed by atoms with Crippen LogP contribution in [0.15, 0.2) is 0 Å². The Morgan fingerprint density at radius 2 is 0.645 bits per heavy atom. The summed E-state index contributed by atoms with van der Waals surface area (Å²) in [6.45, 7) is 12.4. The van der Waals surface area contributed by atoms with Crippen LogP contribution in [-0.4, -0.2) is 76.2 Å². The average molecular weight is 597 g/mol. The van der Waals surface area contributed by atoms with Crippen molar-refractivity contribution in [2.75, 3.05) is 5.75 Å². The van der Waals surface area contributed by atoms with Crippen molar-refractivity contribution in [3.8, 4) is 0 Å². The highest BCUT2D eigenvalue weighted by atomic mass is 32.1. The van der Waals surface area contributed by atoms with E-state index >= 15 is 0 Å². The lowest BCUT2D eigenvalue weighted by atomic mass is 10.6. The van der Waals surface area contributed by atoms with Crippen LogP contribution in [0.1, 0.15) is 6.42 Å². The molecule has 0 N–H and O–H groups in total. The number of thiol groups is 1. The van der Waals surface area contributed by atoms with Gasteiger partial charge in [-0.3, -0.25) is 0 Å². The molecule has 31 heavy (non-hydrogen) atoms. The SMILES string of the molecule is C[Si]12O[Si]3(C)O[Si]4(C)O[Si](C)(O1)O[Si]1(C)O[Si](C)(O2)O[Si](C)(O3)O[Si](CCCS)(O4)O1. The van der Waals surface area contributed by atoms with Gasteiger partial charge in [0.2, 0.25) is 0 Å². The van der Waals surface area contributed by atoms with Gasteiger partial charge in [0, 0.05) is 51.9 Å². The second-order valence-electron chi connectivity index (χ2n) is 8.77. The first-order valence-electron chi connectivity index (χ1n) is 10.1. The molecule has 6 fully saturated rings. The molecule has 0 amide bonds. The van der Waals surface area contributed by atoms with Crippen LogP contribution in [-0.2, 0) is 49.4 Å². The summed E-state index contributed by atoms with van der Waals surface area (Å²) in [4.78, 5) is 0. The molecule has 0 aromatic carbocycles. The van der Waals surface area contributed by atoms with E-state index in [0.717, 1.165) is 0 Å². The first-order chi connectivity index (χ1) is 14.0. The fourth-order valence-electron chi connectivity index (χ4n) is 4.83. The van der Waals surface area contributed by atoms with Gasteiger partial charge in [0.15, 0.2) is 0 Å². The van der Waals surface area contributed by atoms with Crippen molar-refractivity contribution < 1.29 is 49.4 Å². The third kappa shape index (κ3) is 4.48. The maximum absolute atomic E-state index is 6.66. The molecule has 0 unspecified atom stereocenters. The molecule has 0 aromatic heterocycles. The van der Waals surface area contributed by atoms with Crippen LogP contribution in [0.3, 0.4) is 0 Å². The van der Waals surface area contributed by atoms with Crippen molar-refractivity contribution in [3.63, 3.8) is 0 Å². The molecular weight excluding hydrogens is 569 g/mol. The second-order valence-corrected chi connectivity index (χ2v) is 33.0. The summed E-state index contributed by atoms with van der Waals surface area (Å²) in [6.07, 6.45) is 0.682. The lowest BCUT2D eigenvalue weighted by Crippen LogP contribution is -2.86. The highest BCUT2D eigenvalue weighted by Crippen LogP contribution is 2.48. The van der Waals surface area contributed by atoms with Crippen molar-refractivity contribution in [2.45, 2.75) is 58.3 Å². The van der Waals surface area contributed by atoms with Crippen LogP contribution < -0.4 is 0 Å². The summed E-state index contributed by atoms with van der Waals surface area (Å²) in [6, 6.07) is 0.459. The smallest absolute Gasteiger partial charge is 0.374 e. The molecule has 12 nitrogen and oxygen atoms in total. The van der Waals surface area contributed by atoms with Gasteiger partial charge in [0.25, 0.3) is 0 Å². The van der Waals surface area contributed by atoms with E-state index in [4.69, 9.17) is 49.4 Å². The minimum absolute atomic E-state index is 0.459.